The van der Waals surface area contributed by atoms with Crippen LogP contribution in [0.15, 0.2) is 40.9 Å². The first-order valence-electron chi connectivity index (χ1n) is 7.03. The lowest BCUT2D eigenvalue weighted by molar-refractivity contribution is -0.140. The van der Waals surface area contributed by atoms with Crippen molar-refractivity contribution in [1.82, 2.24) is 10.5 Å². The Hall–Kier alpha value is -2.14. The molecule has 21 heavy (non-hydrogen) atoms. The van der Waals surface area contributed by atoms with E-state index >= 15 is 0 Å². The van der Waals surface area contributed by atoms with Crippen LogP contribution < -0.4 is 5.32 Å². The highest BCUT2D eigenvalue weighted by Crippen LogP contribution is 2.18. The van der Waals surface area contributed by atoms with E-state index in [1.54, 1.807) is 0 Å². The predicted molar refractivity (Wildman–Crippen MR) is 79.7 cm³/mol. The van der Waals surface area contributed by atoms with Crippen molar-refractivity contribution in [3.8, 4) is 11.3 Å². The average Bonchev–Trinajstić information content (AvgIpc) is 2.92. The third kappa shape index (κ3) is 4.43. The Morgan fingerprint density at radius 3 is 2.67 bits per heavy atom. The molecule has 5 heteroatoms. The summed E-state index contributed by atoms with van der Waals surface area (Å²) < 4.78 is 5.25. The van der Waals surface area contributed by atoms with E-state index in [2.05, 4.69) is 10.5 Å². The zero-order chi connectivity index (χ0) is 15.2. The van der Waals surface area contributed by atoms with E-state index in [-0.39, 0.29) is 0 Å². The van der Waals surface area contributed by atoms with Gasteiger partial charge in [-0.05, 0) is 12.3 Å². The van der Waals surface area contributed by atoms with E-state index in [1.165, 1.54) is 0 Å². The van der Waals surface area contributed by atoms with Crippen molar-refractivity contribution in [3.05, 3.63) is 42.2 Å². The van der Waals surface area contributed by atoms with Crippen molar-refractivity contribution in [3.63, 3.8) is 0 Å². The zero-order valence-electron chi connectivity index (χ0n) is 12.2. The molecular formula is C16H20N2O3. The topological polar surface area (TPSA) is 75.4 Å². The summed E-state index contributed by atoms with van der Waals surface area (Å²) in [4.78, 5) is 11.2. The Kier molecular flexibility index (Phi) is 5.11. The first kappa shape index (κ1) is 15.3. The zero-order valence-corrected chi connectivity index (χ0v) is 12.2. The largest absolute Gasteiger partial charge is 0.480 e. The van der Waals surface area contributed by atoms with E-state index < -0.39 is 12.0 Å². The summed E-state index contributed by atoms with van der Waals surface area (Å²) in [6.45, 7) is 4.35. The summed E-state index contributed by atoms with van der Waals surface area (Å²) in [6, 6.07) is 11.0. The van der Waals surface area contributed by atoms with Gasteiger partial charge in [-0.15, -0.1) is 0 Å². The molecule has 1 aromatic carbocycles. The Balaban J connectivity index is 1.98. The quantitative estimate of drug-likeness (QED) is 0.819. The number of rotatable bonds is 7. The van der Waals surface area contributed by atoms with Gasteiger partial charge in [0.25, 0.3) is 0 Å². The van der Waals surface area contributed by atoms with E-state index in [1.807, 2.05) is 50.2 Å². The molecule has 5 nitrogen and oxygen atoms in total. The molecule has 0 aliphatic carbocycles. The number of carbonyl (C=O) groups is 1. The average molecular weight is 288 g/mol. The van der Waals surface area contributed by atoms with Gasteiger partial charge >= 0.3 is 5.97 Å². The van der Waals surface area contributed by atoms with Gasteiger partial charge in [0.1, 0.15) is 11.7 Å². The molecule has 0 spiro atoms. The van der Waals surface area contributed by atoms with Crippen molar-refractivity contribution < 1.29 is 14.4 Å². The molecule has 2 rings (SSSR count). The molecule has 112 valence electrons. The van der Waals surface area contributed by atoms with Crippen molar-refractivity contribution >= 4 is 5.97 Å². The van der Waals surface area contributed by atoms with Crippen LogP contribution in [0.2, 0.25) is 0 Å². The molecule has 1 aromatic heterocycles. The second kappa shape index (κ2) is 7.04. The first-order valence-corrected chi connectivity index (χ1v) is 7.03. The van der Waals surface area contributed by atoms with Crippen molar-refractivity contribution in [2.24, 2.45) is 5.92 Å². The van der Waals surface area contributed by atoms with Gasteiger partial charge < -0.3 is 9.63 Å². The summed E-state index contributed by atoms with van der Waals surface area (Å²) in [7, 11) is 0. The highest BCUT2D eigenvalue weighted by Gasteiger charge is 2.19. The van der Waals surface area contributed by atoms with Gasteiger partial charge in [-0.1, -0.05) is 49.3 Å². The molecule has 0 fully saturated rings. The standard InChI is InChI=1S/C16H20N2O3/c1-11(2)8-15(16(19)20)17-10-13-9-14(18-21-13)12-6-4-3-5-7-12/h3-7,9,11,15,17H,8,10H2,1-2H3,(H,19,20). The summed E-state index contributed by atoms with van der Waals surface area (Å²) in [6.07, 6.45) is 0.578. The summed E-state index contributed by atoms with van der Waals surface area (Å²) in [5.41, 5.74) is 1.73. The molecule has 0 saturated carbocycles. The summed E-state index contributed by atoms with van der Waals surface area (Å²) in [5.74, 6) is 0.101. The lowest BCUT2D eigenvalue weighted by Gasteiger charge is -2.15. The Labute approximate surface area is 124 Å². The van der Waals surface area contributed by atoms with Crippen LogP contribution in [-0.2, 0) is 11.3 Å². The third-order valence-electron chi connectivity index (χ3n) is 3.16. The van der Waals surface area contributed by atoms with Gasteiger partial charge in [0.15, 0.2) is 5.76 Å². The fourth-order valence-electron chi connectivity index (χ4n) is 2.11. The normalized spacial score (nSPS) is 12.5. The summed E-state index contributed by atoms with van der Waals surface area (Å²) >= 11 is 0. The fraction of sp³-hybridized carbons (Fsp3) is 0.375. The predicted octanol–water partition coefficient (Wildman–Crippen LogP) is 2.93. The van der Waals surface area contributed by atoms with Crippen LogP contribution in [0.1, 0.15) is 26.0 Å². The molecule has 2 N–H and O–H groups in total. The number of hydrogen-bond donors (Lipinski definition) is 2. The maximum absolute atomic E-state index is 11.2. The van der Waals surface area contributed by atoms with Crippen LogP contribution >= 0.6 is 0 Å². The monoisotopic (exact) mass is 288 g/mol. The first-order chi connectivity index (χ1) is 10.1. The Bertz CT molecular complexity index is 578. The molecule has 1 heterocycles. The van der Waals surface area contributed by atoms with Gasteiger partial charge in [0.2, 0.25) is 0 Å². The SMILES string of the molecule is CC(C)CC(NCc1cc(-c2ccccc2)no1)C(=O)O. The van der Waals surface area contributed by atoms with Crippen LogP contribution in [0.3, 0.4) is 0 Å². The van der Waals surface area contributed by atoms with Crippen LogP contribution in [0.25, 0.3) is 11.3 Å². The number of nitrogens with zero attached hydrogens (tertiary/aromatic N) is 1. The maximum Gasteiger partial charge on any atom is 0.320 e. The molecule has 1 unspecified atom stereocenters. The smallest absolute Gasteiger partial charge is 0.320 e. The number of carboxylic acids is 1. The van der Waals surface area contributed by atoms with Gasteiger partial charge in [-0.2, -0.15) is 0 Å². The molecule has 0 aliphatic rings. The third-order valence-corrected chi connectivity index (χ3v) is 3.16. The molecule has 0 aliphatic heterocycles. The number of aromatic nitrogens is 1. The lowest BCUT2D eigenvalue weighted by Crippen LogP contribution is -2.37. The number of nitrogens with one attached hydrogen (secondary N) is 1. The lowest BCUT2D eigenvalue weighted by atomic mass is 10.0. The molecule has 1 atom stereocenters. The Morgan fingerprint density at radius 1 is 1.33 bits per heavy atom. The van der Waals surface area contributed by atoms with Crippen LogP contribution in [-0.4, -0.2) is 22.3 Å². The van der Waals surface area contributed by atoms with Gasteiger partial charge in [-0.25, -0.2) is 0 Å². The molecule has 0 amide bonds. The minimum Gasteiger partial charge on any atom is -0.480 e. The van der Waals surface area contributed by atoms with Gasteiger partial charge in [0.05, 0.1) is 6.54 Å². The van der Waals surface area contributed by atoms with E-state index in [4.69, 9.17) is 4.52 Å². The number of aliphatic carboxylic acids is 1. The second-order valence-corrected chi connectivity index (χ2v) is 5.45. The fourth-order valence-corrected chi connectivity index (χ4v) is 2.11. The maximum atomic E-state index is 11.2. The minimum absolute atomic E-state index is 0.313. The molecular weight excluding hydrogens is 268 g/mol. The molecule has 2 aromatic rings. The van der Waals surface area contributed by atoms with Crippen molar-refractivity contribution in [1.29, 1.82) is 0 Å². The molecule has 0 saturated heterocycles. The van der Waals surface area contributed by atoms with Crippen LogP contribution in [0, 0.1) is 5.92 Å². The number of hydrogen-bond acceptors (Lipinski definition) is 4. The van der Waals surface area contributed by atoms with Crippen LogP contribution in [0.5, 0.6) is 0 Å². The van der Waals surface area contributed by atoms with E-state index in [0.717, 1.165) is 11.3 Å². The second-order valence-electron chi connectivity index (χ2n) is 5.45. The van der Waals surface area contributed by atoms with E-state index in [9.17, 15) is 9.90 Å². The van der Waals surface area contributed by atoms with Gasteiger partial charge in [-0.3, -0.25) is 10.1 Å². The van der Waals surface area contributed by atoms with Crippen LogP contribution in [0.4, 0.5) is 0 Å². The summed E-state index contributed by atoms with van der Waals surface area (Å²) in [5, 5.41) is 16.2. The molecule has 0 radical (unpaired) electrons. The molecule has 0 bridgehead atoms. The van der Waals surface area contributed by atoms with E-state index in [0.29, 0.717) is 24.6 Å². The number of carboxylic acid groups (broad SMARTS) is 1. The highest BCUT2D eigenvalue weighted by molar-refractivity contribution is 5.73. The van der Waals surface area contributed by atoms with Crippen molar-refractivity contribution in [2.75, 3.05) is 0 Å². The van der Waals surface area contributed by atoms with Gasteiger partial charge in [0, 0.05) is 11.6 Å². The number of benzene rings is 1. The van der Waals surface area contributed by atoms with Crippen molar-refractivity contribution in [2.45, 2.75) is 32.9 Å². The highest BCUT2D eigenvalue weighted by atomic mass is 16.5. The Morgan fingerprint density at radius 2 is 2.05 bits per heavy atom. The minimum atomic E-state index is -0.841.